The van der Waals surface area contributed by atoms with Gasteiger partial charge in [0.15, 0.2) is 0 Å². The third-order valence-corrected chi connectivity index (χ3v) is 4.03. The fraction of sp³-hybridized carbons (Fsp3) is 0.611. The Hall–Kier alpha value is -1.55. The van der Waals surface area contributed by atoms with Crippen LogP contribution in [0.1, 0.15) is 39.2 Å². The molecule has 1 aliphatic rings. The highest BCUT2D eigenvalue weighted by atomic mass is 16.6. The third-order valence-electron chi connectivity index (χ3n) is 4.03. The molecule has 0 aliphatic carbocycles. The van der Waals surface area contributed by atoms with Crippen LogP contribution < -0.4 is 0 Å². The van der Waals surface area contributed by atoms with Crippen molar-refractivity contribution in [2.75, 3.05) is 13.2 Å². The van der Waals surface area contributed by atoms with Crippen molar-refractivity contribution in [3.63, 3.8) is 0 Å². The van der Waals surface area contributed by atoms with Crippen molar-refractivity contribution in [3.8, 4) is 0 Å². The highest BCUT2D eigenvalue weighted by Gasteiger charge is 2.33. The van der Waals surface area contributed by atoms with E-state index < -0.39 is 5.60 Å². The van der Waals surface area contributed by atoms with E-state index in [4.69, 9.17) is 4.74 Å². The maximum atomic E-state index is 12.2. The number of carbonyl (C=O) groups excluding carboxylic acids is 1. The Morgan fingerprint density at radius 2 is 2.00 bits per heavy atom. The van der Waals surface area contributed by atoms with Gasteiger partial charge in [-0.1, -0.05) is 30.3 Å². The number of piperidine rings is 1. The molecule has 0 bridgehead atoms. The van der Waals surface area contributed by atoms with Crippen LogP contribution in [0.5, 0.6) is 0 Å². The zero-order valence-corrected chi connectivity index (χ0v) is 13.8. The predicted molar refractivity (Wildman–Crippen MR) is 86.7 cm³/mol. The Labute approximate surface area is 133 Å². The van der Waals surface area contributed by atoms with Crippen LogP contribution in [0.15, 0.2) is 30.3 Å². The summed E-state index contributed by atoms with van der Waals surface area (Å²) >= 11 is 0. The Morgan fingerprint density at radius 1 is 1.32 bits per heavy atom. The average Bonchev–Trinajstić information content (AvgIpc) is 2.46. The van der Waals surface area contributed by atoms with Crippen LogP contribution in [0.3, 0.4) is 0 Å². The van der Waals surface area contributed by atoms with Gasteiger partial charge in [0, 0.05) is 6.54 Å². The maximum Gasteiger partial charge on any atom is 0.410 e. The number of rotatable bonds is 3. The van der Waals surface area contributed by atoms with Crippen molar-refractivity contribution in [1.29, 1.82) is 0 Å². The third kappa shape index (κ3) is 4.73. The molecule has 1 fully saturated rings. The van der Waals surface area contributed by atoms with Crippen LogP contribution >= 0.6 is 0 Å². The second-order valence-electron chi connectivity index (χ2n) is 7.09. The molecule has 1 aromatic carbocycles. The molecule has 1 N–H and O–H groups in total. The van der Waals surface area contributed by atoms with Gasteiger partial charge < -0.3 is 14.7 Å². The molecule has 0 spiro atoms. The molecule has 1 heterocycles. The van der Waals surface area contributed by atoms with E-state index in [2.05, 4.69) is 24.3 Å². The summed E-state index contributed by atoms with van der Waals surface area (Å²) in [6.45, 7) is 6.23. The Balaban J connectivity index is 1.95. The molecule has 1 aromatic rings. The fourth-order valence-corrected chi connectivity index (χ4v) is 3.00. The summed E-state index contributed by atoms with van der Waals surface area (Å²) in [5.41, 5.74) is 0.813. The predicted octanol–water partition coefficient (Wildman–Crippen LogP) is 3.24. The number of ether oxygens (including phenoxy) is 1. The van der Waals surface area contributed by atoms with Crippen LogP contribution in [0, 0.1) is 5.92 Å². The van der Waals surface area contributed by atoms with Gasteiger partial charge in [0.2, 0.25) is 0 Å². The first-order chi connectivity index (χ1) is 10.4. The smallest absolute Gasteiger partial charge is 0.410 e. The van der Waals surface area contributed by atoms with Gasteiger partial charge in [-0.2, -0.15) is 0 Å². The Kier molecular flexibility index (Phi) is 5.46. The first-order valence-corrected chi connectivity index (χ1v) is 8.03. The number of aliphatic hydroxyl groups excluding tert-OH is 1. The normalized spacial score (nSPS) is 22.5. The molecule has 122 valence electrons. The molecular formula is C18H27NO3. The lowest BCUT2D eigenvalue weighted by atomic mass is 9.86. The highest BCUT2D eigenvalue weighted by Crippen LogP contribution is 2.27. The van der Waals surface area contributed by atoms with Crippen molar-refractivity contribution in [3.05, 3.63) is 35.9 Å². The zero-order chi connectivity index (χ0) is 16.2. The van der Waals surface area contributed by atoms with E-state index in [0.717, 1.165) is 19.3 Å². The van der Waals surface area contributed by atoms with Gasteiger partial charge in [-0.25, -0.2) is 4.79 Å². The van der Waals surface area contributed by atoms with E-state index in [1.54, 1.807) is 4.90 Å². The second kappa shape index (κ2) is 7.14. The van der Waals surface area contributed by atoms with Crippen LogP contribution in [0.2, 0.25) is 0 Å². The van der Waals surface area contributed by atoms with Crippen molar-refractivity contribution in [2.45, 2.75) is 51.7 Å². The van der Waals surface area contributed by atoms with Gasteiger partial charge in [0.1, 0.15) is 5.60 Å². The standard InChI is InChI=1S/C18H27NO3/c1-18(2,3)22-17(21)19-10-9-15(12-16(19)13-20)11-14-7-5-4-6-8-14/h4-8,15-16,20H,9-13H2,1-3H3/t15-,16-/m1/s1. The molecule has 2 rings (SSSR count). The van der Waals surface area contributed by atoms with Crippen LogP contribution in [0.25, 0.3) is 0 Å². The minimum absolute atomic E-state index is 0.00939. The Morgan fingerprint density at radius 3 is 2.59 bits per heavy atom. The molecule has 4 heteroatoms. The summed E-state index contributed by atoms with van der Waals surface area (Å²) in [7, 11) is 0. The highest BCUT2D eigenvalue weighted by molar-refractivity contribution is 5.68. The molecular weight excluding hydrogens is 278 g/mol. The number of carbonyl (C=O) groups is 1. The van der Waals surface area contributed by atoms with Gasteiger partial charge in [0.05, 0.1) is 12.6 Å². The Bertz CT molecular complexity index is 481. The van der Waals surface area contributed by atoms with Gasteiger partial charge in [-0.15, -0.1) is 0 Å². The number of likely N-dealkylation sites (tertiary alicyclic amines) is 1. The average molecular weight is 305 g/mol. The number of amides is 1. The lowest BCUT2D eigenvalue weighted by molar-refractivity contribution is -0.00460. The lowest BCUT2D eigenvalue weighted by Gasteiger charge is -2.39. The number of nitrogens with zero attached hydrogens (tertiary/aromatic N) is 1. The topological polar surface area (TPSA) is 49.8 Å². The number of hydrogen-bond acceptors (Lipinski definition) is 3. The second-order valence-corrected chi connectivity index (χ2v) is 7.09. The monoisotopic (exact) mass is 305 g/mol. The molecule has 2 atom stereocenters. The molecule has 1 aliphatic heterocycles. The summed E-state index contributed by atoms with van der Waals surface area (Å²) in [5.74, 6) is 0.498. The summed E-state index contributed by atoms with van der Waals surface area (Å²) < 4.78 is 5.44. The van der Waals surface area contributed by atoms with E-state index in [1.807, 2.05) is 26.8 Å². The van der Waals surface area contributed by atoms with E-state index in [0.29, 0.717) is 12.5 Å². The zero-order valence-electron chi connectivity index (χ0n) is 13.8. The SMILES string of the molecule is CC(C)(C)OC(=O)N1CC[C@H](Cc2ccccc2)C[C@@H]1CO. The van der Waals surface area contributed by atoms with E-state index in [1.165, 1.54) is 5.56 Å². The number of benzene rings is 1. The molecule has 1 amide bonds. The molecule has 4 nitrogen and oxygen atoms in total. The van der Waals surface area contributed by atoms with Crippen LogP contribution in [-0.4, -0.2) is 40.9 Å². The molecule has 0 aromatic heterocycles. The van der Waals surface area contributed by atoms with Crippen molar-refractivity contribution in [2.24, 2.45) is 5.92 Å². The van der Waals surface area contributed by atoms with Gasteiger partial charge in [-0.05, 0) is 51.5 Å². The molecule has 22 heavy (non-hydrogen) atoms. The lowest BCUT2D eigenvalue weighted by Crippen LogP contribution is -2.49. The van der Waals surface area contributed by atoms with Crippen molar-refractivity contribution >= 4 is 6.09 Å². The molecule has 0 unspecified atom stereocenters. The first kappa shape index (κ1) is 16.8. The minimum Gasteiger partial charge on any atom is -0.444 e. The summed E-state index contributed by atoms with van der Waals surface area (Å²) in [6, 6.07) is 10.2. The summed E-state index contributed by atoms with van der Waals surface area (Å²) in [4.78, 5) is 13.9. The number of hydrogen-bond donors (Lipinski definition) is 1. The summed E-state index contributed by atoms with van der Waals surface area (Å²) in [6.07, 6.45) is 2.46. The van der Waals surface area contributed by atoms with Crippen LogP contribution in [-0.2, 0) is 11.2 Å². The quantitative estimate of drug-likeness (QED) is 0.932. The van der Waals surface area contributed by atoms with Crippen LogP contribution in [0.4, 0.5) is 4.79 Å². The summed E-state index contributed by atoms with van der Waals surface area (Å²) in [5, 5.41) is 9.64. The van der Waals surface area contributed by atoms with Crippen molar-refractivity contribution in [1.82, 2.24) is 4.90 Å². The van der Waals surface area contributed by atoms with Gasteiger partial charge in [-0.3, -0.25) is 0 Å². The largest absolute Gasteiger partial charge is 0.444 e. The maximum absolute atomic E-state index is 12.2. The molecule has 0 radical (unpaired) electrons. The fourth-order valence-electron chi connectivity index (χ4n) is 3.00. The van der Waals surface area contributed by atoms with E-state index in [9.17, 15) is 9.90 Å². The van der Waals surface area contributed by atoms with E-state index in [-0.39, 0.29) is 18.7 Å². The van der Waals surface area contributed by atoms with E-state index >= 15 is 0 Å². The first-order valence-electron chi connectivity index (χ1n) is 8.03. The number of aliphatic hydroxyl groups is 1. The molecule has 1 saturated heterocycles. The minimum atomic E-state index is -0.502. The van der Waals surface area contributed by atoms with Gasteiger partial charge >= 0.3 is 6.09 Å². The molecule has 0 saturated carbocycles. The van der Waals surface area contributed by atoms with Crippen molar-refractivity contribution < 1.29 is 14.6 Å². The van der Waals surface area contributed by atoms with Gasteiger partial charge in [0.25, 0.3) is 0 Å².